The van der Waals surface area contributed by atoms with Crippen LogP contribution in [0.5, 0.6) is 0 Å². The molecule has 1 aliphatic rings. The fourth-order valence-corrected chi connectivity index (χ4v) is 4.38. The minimum absolute atomic E-state index is 0.111. The van der Waals surface area contributed by atoms with Crippen molar-refractivity contribution < 1.29 is 13.2 Å². The maximum absolute atomic E-state index is 13.0. The van der Waals surface area contributed by atoms with Crippen LogP contribution in [0, 0.1) is 6.92 Å². The maximum atomic E-state index is 13.0. The van der Waals surface area contributed by atoms with Crippen molar-refractivity contribution in [1.29, 1.82) is 0 Å². The van der Waals surface area contributed by atoms with Crippen molar-refractivity contribution >= 4 is 21.6 Å². The second-order valence-corrected chi connectivity index (χ2v) is 8.91. The highest BCUT2D eigenvalue weighted by atomic mass is 32.2. The number of anilines is 1. The lowest BCUT2D eigenvalue weighted by Crippen LogP contribution is -2.51. The van der Waals surface area contributed by atoms with Crippen LogP contribution in [0.15, 0.2) is 53.4 Å². The molecule has 1 aliphatic heterocycles. The van der Waals surface area contributed by atoms with E-state index in [4.69, 9.17) is 0 Å². The molecule has 1 amide bonds. The zero-order valence-electron chi connectivity index (χ0n) is 15.8. The molecule has 0 bridgehead atoms. The van der Waals surface area contributed by atoms with Crippen LogP contribution in [0.2, 0.25) is 0 Å². The number of carbonyl (C=O) groups excluding carboxylic acids is 1. The van der Waals surface area contributed by atoms with Crippen molar-refractivity contribution in [2.24, 2.45) is 0 Å². The predicted molar refractivity (Wildman–Crippen MR) is 107 cm³/mol. The summed E-state index contributed by atoms with van der Waals surface area (Å²) in [5, 5.41) is 3.29. The van der Waals surface area contributed by atoms with Gasteiger partial charge in [-0.25, -0.2) is 8.42 Å². The Labute approximate surface area is 160 Å². The highest BCUT2D eigenvalue weighted by Crippen LogP contribution is 2.23. The molecule has 0 spiro atoms. The molecule has 1 N–H and O–H groups in total. The Hall–Kier alpha value is -2.38. The van der Waals surface area contributed by atoms with E-state index < -0.39 is 10.0 Å². The Morgan fingerprint density at radius 1 is 1.19 bits per heavy atom. The van der Waals surface area contributed by atoms with Crippen molar-refractivity contribution in [3.05, 3.63) is 59.7 Å². The molecule has 0 saturated carbocycles. The van der Waals surface area contributed by atoms with Gasteiger partial charge >= 0.3 is 0 Å². The Kier molecular flexibility index (Phi) is 5.53. The average Bonchev–Trinajstić information content (AvgIpc) is 2.67. The zero-order chi connectivity index (χ0) is 19.6. The zero-order valence-corrected chi connectivity index (χ0v) is 16.7. The van der Waals surface area contributed by atoms with E-state index in [1.165, 1.54) is 23.5 Å². The number of rotatable bonds is 4. The number of piperazine rings is 1. The first-order chi connectivity index (χ1) is 12.8. The van der Waals surface area contributed by atoms with E-state index in [0.717, 1.165) is 12.1 Å². The molecule has 27 heavy (non-hydrogen) atoms. The van der Waals surface area contributed by atoms with Gasteiger partial charge in [0.15, 0.2) is 0 Å². The second kappa shape index (κ2) is 7.70. The van der Waals surface area contributed by atoms with Gasteiger partial charge in [0.25, 0.3) is 15.9 Å². The van der Waals surface area contributed by atoms with Gasteiger partial charge in [-0.2, -0.15) is 0 Å². The quantitative estimate of drug-likeness (QED) is 0.874. The van der Waals surface area contributed by atoms with Gasteiger partial charge in [-0.05, 0) is 44.2 Å². The Bertz CT molecular complexity index is 926. The lowest BCUT2D eigenvalue weighted by molar-refractivity contribution is 0.0709. The summed E-state index contributed by atoms with van der Waals surface area (Å²) in [6.45, 7) is 5.94. The largest absolute Gasteiger partial charge is 0.336 e. The normalized spacial score (nSPS) is 17.6. The van der Waals surface area contributed by atoms with Crippen molar-refractivity contribution in [3.8, 4) is 0 Å². The summed E-state index contributed by atoms with van der Waals surface area (Å²) >= 11 is 0. The summed E-state index contributed by atoms with van der Waals surface area (Å²) in [6, 6.07) is 13.8. The van der Waals surface area contributed by atoms with Crippen molar-refractivity contribution in [2.45, 2.75) is 24.8 Å². The topological polar surface area (TPSA) is 69.7 Å². The van der Waals surface area contributed by atoms with E-state index in [1.54, 1.807) is 29.2 Å². The maximum Gasteiger partial charge on any atom is 0.264 e. The van der Waals surface area contributed by atoms with E-state index in [1.807, 2.05) is 26.0 Å². The molecule has 1 saturated heterocycles. The van der Waals surface area contributed by atoms with Gasteiger partial charge in [0.2, 0.25) is 0 Å². The van der Waals surface area contributed by atoms with E-state index >= 15 is 0 Å². The van der Waals surface area contributed by atoms with Crippen LogP contribution < -0.4 is 9.62 Å². The monoisotopic (exact) mass is 387 g/mol. The molecule has 1 unspecified atom stereocenters. The van der Waals surface area contributed by atoms with Crippen LogP contribution in [0.1, 0.15) is 22.8 Å². The molecule has 6 nitrogen and oxygen atoms in total. The van der Waals surface area contributed by atoms with Crippen LogP contribution in [0.4, 0.5) is 5.69 Å². The Morgan fingerprint density at radius 2 is 1.89 bits per heavy atom. The standard InChI is InChI=1S/C20H25N3O3S/c1-15-7-9-18(10-8-15)22(3)27(25,26)19-6-4-5-17(13-19)20(24)23-12-11-21-16(2)14-23/h4-10,13,16,21H,11-12,14H2,1-3H3. The number of aryl methyl sites for hydroxylation is 1. The van der Waals surface area contributed by atoms with Crippen LogP contribution in [-0.4, -0.2) is 51.9 Å². The molecule has 1 heterocycles. The van der Waals surface area contributed by atoms with E-state index in [0.29, 0.717) is 24.3 Å². The Balaban J connectivity index is 1.87. The molecular formula is C20H25N3O3S. The first-order valence-corrected chi connectivity index (χ1v) is 10.4. The van der Waals surface area contributed by atoms with Crippen molar-refractivity contribution in [3.63, 3.8) is 0 Å². The molecule has 2 aromatic carbocycles. The number of hydrogen-bond acceptors (Lipinski definition) is 4. The van der Waals surface area contributed by atoms with Crippen molar-refractivity contribution in [2.75, 3.05) is 31.0 Å². The highest BCUT2D eigenvalue weighted by Gasteiger charge is 2.25. The lowest BCUT2D eigenvalue weighted by Gasteiger charge is -2.32. The predicted octanol–water partition coefficient (Wildman–Crippen LogP) is 2.25. The molecule has 1 atom stereocenters. The molecule has 3 rings (SSSR count). The van der Waals surface area contributed by atoms with Gasteiger partial charge in [0.1, 0.15) is 0 Å². The average molecular weight is 388 g/mol. The molecule has 0 aromatic heterocycles. The molecule has 0 radical (unpaired) electrons. The Morgan fingerprint density at radius 3 is 2.56 bits per heavy atom. The van der Waals surface area contributed by atoms with E-state index in [-0.39, 0.29) is 16.8 Å². The third-order valence-electron chi connectivity index (χ3n) is 4.79. The summed E-state index contributed by atoms with van der Waals surface area (Å²) in [5.41, 5.74) is 2.03. The molecular weight excluding hydrogens is 362 g/mol. The first-order valence-electron chi connectivity index (χ1n) is 8.97. The SMILES string of the molecule is Cc1ccc(N(C)S(=O)(=O)c2cccc(C(=O)N3CCNC(C)C3)c2)cc1. The number of benzene rings is 2. The van der Waals surface area contributed by atoms with Gasteiger partial charge in [0, 0.05) is 38.3 Å². The molecule has 144 valence electrons. The summed E-state index contributed by atoms with van der Waals surface area (Å²) in [6.07, 6.45) is 0. The number of carbonyl (C=O) groups is 1. The van der Waals surface area contributed by atoms with Gasteiger partial charge < -0.3 is 10.2 Å². The number of amides is 1. The molecule has 0 aliphatic carbocycles. The minimum Gasteiger partial charge on any atom is -0.336 e. The minimum atomic E-state index is -3.75. The second-order valence-electron chi connectivity index (χ2n) is 6.94. The van der Waals surface area contributed by atoms with E-state index in [9.17, 15) is 13.2 Å². The number of nitrogens with zero attached hydrogens (tertiary/aromatic N) is 2. The highest BCUT2D eigenvalue weighted by molar-refractivity contribution is 7.92. The van der Waals surface area contributed by atoms with Crippen LogP contribution >= 0.6 is 0 Å². The summed E-state index contributed by atoms with van der Waals surface area (Å²) < 4.78 is 27.3. The summed E-state index contributed by atoms with van der Waals surface area (Å²) in [7, 11) is -2.23. The molecule has 2 aromatic rings. The third-order valence-corrected chi connectivity index (χ3v) is 6.57. The molecule has 1 fully saturated rings. The lowest BCUT2D eigenvalue weighted by atomic mass is 10.1. The summed E-state index contributed by atoms with van der Waals surface area (Å²) in [4.78, 5) is 14.7. The fraction of sp³-hybridized carbons (Fsp3) is 0.350. The summed E-state index contributed by atoms with van der Waals surface area (Å²) in [5.74, 6) is -0.140. The van der Waals surface area contributed by atoms with Gasteiger partial charge in [-0.1, -0.05) is 23.8 Å². The van der Waals surface area contributed by atoms with Gasteiger partial charge in [0.05, 0.1) is 10.6 Å². The third kappa shape index (κ3) is 4.14. The smallest absolute Gasteiger partial charge is 0.264 e. The fourth-order valence-electron chi connectivity index (χ4n) is 3.14. The van der Waals surface area contributed by atoms with Gasteiger partial charge in [-0.3, -0.25) is 9.10 Å². The molecule has 7 heteroatoms. The number of hydrogen-bond donors (Lipinski definition) is 1. The van der Waals surface area contributed by atoms with Crippen LogP contribution in [0.25, 0.3) is 0 Å². The van der Waals surface area contributed by atoms with Crippen LogP contribution in [-0.2, 0) is 10.0 Å². The van der Waals surface area contributed by atoms with E-state index in [2.05, 4.69) is 5.32 Å². The van der Waals surface area contributed by atoms with Crippen molar-refractivity contribution in [1.82, 2.24) is 10.2 Å². The number of nitrogens with one attached hydrogen (secondary N) is 1. The first kappa shape index (κ1) is 19.4. The number of sulfonamides is 1. The van der Waals surface area contributed by atoms with Crippen LogP contribution in [0.3, 0.4) is 0 Å². The van der Waals surface area contributed by atoms with Gasteiger partial charge in [-0.15, -0.1) is 0 Å².